The van der Waals surface area contributed by atoms with Gasteiger partial charge in [-0.3, -0.25) is 4.79 Å². The lowest BCUT2D eigenvalue weighted by atomic mass is 10.1. The summed E-state index contributed by atoms with van der Waals surface area (Å²) in [5, 5.41) is 2.93. The second-order valence-corrected chi connectivity index (χ2v) is 8.95. The maximum Gasteiger partial charge on any atom is 0.243 e. The molecule has 0 bridgehead atoms. The molecule has 0 aliphatic heterocycles. The number of hydrogen-bond donors (Lipinski definition) is 1. The van der Waals surface area contributed by atoms with Crippen molar-refractivity contribution in [3.63, 3.8) is 0 Å². The van der Waals surface area contributed by atoms with Crippen molar-refractivity contribution >= 4 is 16.9 Å². The number of amides is 1. The van der Waals surface area contributed by atoms with E-state index < -0.39 is 0 Å². The van der Waals surface area contributed by atoms with Crippen LogP contribution in [0.2, 0.25) is 0 Å². The number of allylic oxidation sites excluding steroid dienone is 1. The van der Waals surface area contributed by atoms with Gasteiger partial charge in [-0.15, -0.1) is 0 Å². The highest BCUT2D eigenvalue weighted by atomic mass is 16.1. The molecule has 0 saturated heterocycles. The second-order valence-electron chi connectivity index (χ2n) is 8.95. The minimum absolute atomic E-state index is 0.00536. The van der Waals surface area contributed by atoms with Crippen LogP contribution in [0.25, 0.3) is 11.0 Å². The van der Waals surface area contributed by atoms with Gasteiger partial charge in [0, 0.05) is 19.5 Å². The minimum atomic E-state index is 0.00536. The van der Waals surface area contributed by atoms with Gasteiger partial charge in [0.05, 0.1) is 11.0 Å². The summed E-state index contributed by atoms with van der Waals surface area (Å²) >= 11 is 0. The summed E-state index contributed by atoms with van der Waals surface area (Å²) in [5.41, 5.74) is 2.39. The Morgan fingerprint density at radius 2 is 1.56 bits per heavy atom. The van der Waals surface area contributed by atoms with Crippen molar-refractivity contribution < 1.29 is 4.79 Å². The van der Waals surface area contributed by atoms with Crippen molar-refractivity contribution in [1.29, 1.82) is 0 Å². The zero-order valence-electron chi connectivity index (χ0n) is 20.6. The molecule has 1 aromatic heterocycles. The Kier molecular flexibility index (Phi) is 13.5. The maximum atomic E-state index is 11.5. The van der Waals surface area contributed by atoms with E-state index in [1.165, 1.54) is 75.5 Å². The smallest absolute Gasteiger partial charge is 0.243 e. The van der Waals surface area contributed by atoms with Gasteiger partial charge < -0.3 is 9.88 Å². The number of carbonyl (C=O) groups excluding carboxylic acids is 1. The molecule has 0 unspecified atom stereocenters. The molecule has 2 aromatic rings. The summed E-state index contributed by atoms with van der Waals surface area (Å²) in [6.45, 7) is 5.97. The molecule has 0 saturated carbocycles. The van der Waals surface area contributed by atoms with Crippen LogP contribution < -0.4 is 5.32 Å². The molecule has 4 nitrogen and oxygen atoms in total. The van der Waals surface area contributed by atoms with Crippen molar-refractivity contribution in [2.75, 3.05) is 6.54 Å². The number of unbranched alkanes of at least 4 members (excludes halogenated alkanes) is 11. The summed E-state index contributed by atoms with van der Waals surface area (Å²) in [4.78, 5) is 16.4. The van der Waals surface area contributed by atoms with Gasteiger partial charge in [-0.2, -0.15) is 0 Å². The Hall–Kier alpha value is -2.10. The number of benzene rings is 1. The summed E-state index contributed by atoms with van der Waals surface area (Å²) in [6, 6.07) is 8.54. The molecular formula is C28H45N3O. The molecule has 0 aliphatic rings. The van der Waals surface area contributed by atoms with Crippen LogP contribution in [0.3, 0.4) is 0 Å². The van der Waals surface area contributed by atoms with Gasteiger partial charge in [0.25, 0.3) is 0 Å². The van der Waals surface area contributed by atoms with Crippen LogP contribution in [0.1, 0.15) is 103 Å². The monoisotopic (exact) mass is 439 g/mol. The van der Waals surface area contributed by atoms with Crippen LogP contribution in [0.15, 0.2) is 36.4 Å². The number of hydrogen-bond acceptors (Lipinski definition) is 2. The fraction of sp³-hybridized carbons (Fsp3) is 0.643. The maximum absolute atomic E-state index is 11.5. The molecule has 2 rings (SSSR count). The van der Waals surface area contributed by atoms with Crippen LogP contribution in [0, 0.1) is 0 Å². The molecule has 0 spiro atoms. The van der Waals surface area contributed by atoms with Crippen molar-refractivity contribution in [2.45, 2.75) is 110 Å². The quantitative estimate of drug-likeness (QED) is 0.195. The van der Waals surface area contributed by atoms with Crippen LogP contribution in [-0.2, 0) is 17.8 Å². The van der Waals surface area contributed by atoms with E-state index in [4.69, 9.17) is 4.98 Å². The lowest BCUT2D eigenvalue weighted by Crippen LogP contribution is -2.21. The van der Waals surface area contributed by atoms with Crippen LogP contribution >= 0.6 is 0 Å². The Bertz CT molecular complexity index is 793. The molecule has 0 atom stereocenters. The first kappa shape index (κ1) is 26.2. The Morgan fingerprint density at radius 1 is 0.906 bits per heavy atom. The van der Waals surface area contributed by atoms with Crippen molar-refractivity contribution in [1.82, 2.24) is 14.9 Å². The summed E-state index contributed by atoms with van der Waals surface area (Å²) in [5.74, 6) is 1.23. The Balaban J connectivity index is 1.70. The highest BCUT2D eigenvalue weighted by Crippen LogP contribution is 2.19. The number of imidazole rings is 1. The van der Waals surface area contributed by atoms with Crippen LogP contribution in [0.5, 0.6) is 0 Å². The molecule has 32 heavy (non-hydrogen) atoms. The first-order valence-corrected chi connectivity index (χ1v) is 13.1. The largest absolute Gasteiger partial charge is 0.353 e. The zero-order chi connectivity index (χ0) is 22.9. The van der Waals surface area contributed by atoms with Crippen LogP contribution in [-0.4, -0.2) is 22.0 Å². The van der Waals surface area contributed by atoms with E-state index in [1.807, 2.05) is 6.92 Å². The Morgan fingerprint density at radius 3 is 2.28 bits per heavy atom. The predicted molar refractivity (Wildman–Crippen MR) is 137 cm³/mol. The van der Waals surface area contributed by atoms with Gasteiger partial charge in [-0.1, -0.05) is 89.3 Å². The van der Waals surface area contributed by atoms with Gasteiger partial charge in [-0.25, -0.2) is 4.98 Å². The molecule has 4 heteroatoms. The third-order valence-electron chi connectivity index (χ3n) is 6.16. The van der Waals surface area contributed by atoms with Crippen molar-refractivity contribution in [2.24, 2.45) is 0 Å². The Labute approximate surface area is 195 Å². The lowest BCUT2D eigenvalue weighted by molar-refractivity contribution is -0.116. The molecular weight excluding hydrogens is 394 g/mol. The number of aromatic nitrogens is 2. The minimum Gasteiger partial charge on any atom is -0.353 e. The number of fused-ring (bicyclic) bond motifs is 1. The molecule has 178 valence electrons. The van der Waals surface area contributed by atoms with Gasteiger partial charge in [0.1, 0.15) is 5.82 Å². The molecule has 1 amide bonds. The normalized spacial score (nSPS) is 11.6. The van der Waals surface area contributed by atoms with Gasteiger partial charge in [-0.05, 0) is 44.4 Å². The number of aryl methyl sites for hydroxylation is 2. The number of nitrogens with one attached hydrogen (secondary N) is 1. The highest BCUT2D eigenvalue weighted by Gasteiger charge is 2.10. The molecule has 0 radical (unpaired) electrons. The molecule has 1 heterocycles. The van der Waals surface area contributed by atoms with Crippen LogP contribution in [0.4, 0.5) is 0 Å². The third kappa shape index (κ3) is 10.0. The van der Waals surface area contributed by atoms with E-state index in [9.17, 15) is 4.79 Å². The van der Waals surface area contributed by atoms with Gasteiger partial charge >= 0.3 is 0 Å². The molecule has 1 aromatic carbocycles. The van der Waals surface area contributed by atoms with E-state index in [0.717, 1.165) is 44.3 Å². The average molecular weight is 440 g/mol. The average Bonchev–Trinajstić information content (AvgIpc) is 3.15. The predicted octanol–water partition coefficient (Wildman–Crippen LogP) is 7.36. The van der Waals surface area contributed by atoms with E-state index >= 15 is 0 Å². The fourth-order valence-electron chi connectivity index (χ4n) is 4.33. The van der Waals surface area contributed by atoms with Crippen molar-refractivity contribution in [3.8, 4) is 0 Å². The molecule has 0 aliphatic carbocycles. The zero-order valence-corrected chi connectivity index (χ0v) is 20.6. The summed E-state index contributed by atoms with van der Waals surface area (Å²) in [7, 11) is 0. The second kappa shape index (κ2) is 16.5. The third-order valence-corrected chi connectivity index (χ3v) is 6.16. The van der Waals surface area contributed by atoms with E-state index in [-0.39, 0.29) is 5.91 Å². The topological polar surface area (TPSA) is 46.9 Å². The first-order chi connectivity index (χ1) is 15.8. The number of carbonyl (C=O) groups is 1. The first-order valence-electron chi connectivity index (χ1n) is 13.1. The fourth-order valence-corrected chi connectivity index (χ4v) is 4.33. The van der Waals surface area contributed by atoms with Crippen molar-refractivity contribution in [3.05, 3.63) is 42.2 Å². The SMILES string of the molecule is C/C=C/C(=O)NCCCCCc1nc2ccccc2n1CCCCCCCCCCCC. The molecule has 1 N–H and O–H groups in total. The van der Waals surface area contributed by atoms with E-state index in [1.54, 1.807) is 12.2 Å². The number of nitrogens with zero attached hydrogens (tertiary/aromatic N) is 2. The number of rotatable bonds is 18. The summed E-state index contributed by atoms with van der Waals surface area (Å²) < 4.78 is 2.45. The highest BCUT2D eigenvalue weighted by molar-refractivity contribution is 5.87. The standard InChI is InChI=1S/C28H45N3O/c1-3-5-6-7-8-9-10-11-12-18-24-31-26-21-16-15-20-25(26)30-27(31)22-14-13-17-23-29-28(32)19-4-2/h4,15-16,19-21H,3,5-14,17-18,22-24H2,1-2H3,(H,29,32)/b19-4+. The van der Waals surface area contributed by atoms with Gasteiger partial charge in [0.2, 0.25) is 5.91 Å². The lowest BCUT2D eigenvalue weighted by Gasteiger charge is -2.10. The molecule has 0 fully saturated rings. The van der Waals surface area contributed by atoms with Gasteiger partial charge in [0.15, 0.2) is 0 Å². The van der Waals surface area contributed by atoms with E-state index in [0.29, 0.717) is 0 Å². The van der Waals surface area contributed by atoms with E-state index in [2.05, 4.69) is 41.1 Å². The number of para-hydroxylation sites is 2. The summed E-state index contributed by atoms with van der Waals surface area (Å²) in [6.07, 6.45) is 21.3.